The Bertz CT molecular complexity index is 551. The van der Waals surface area contributed by atoms with Crippen LogP contribution in [0.15, 0.2) is 28.7 Å². The van der Waals surface area contributed by atoms with Crippen molar-refractivity contribution in [1.82, 2.24) is 9.78 Å². The summed E-state index contributed by atoms with van der Waals surface area (Å²) in [6.07, 6.45) is 0.765. The number of benzene rings is 1. The molecule has 0 aliphatic rings. The molecular formula is C13H16BrN3O. The fourth-order valence-corrected chi connectivity index (χ4v) is 2.06. The van der Waals surface area contributed by atoms with Crippen LogP contribution in [0.3, 0.4) is 0 Å². The quantitative estimate of drug-likeness (QED) is 0.944. The largest absolute Gasteiger partial charge is 0.384 e. The highest BCUT2D eigenvalue weighted by Gasteiger charge is 2.08. The van der Waals surface area contributed by atoms with Crippen LogP contribution in [0.5, 0.6) is 0 Å². The van der Waals surface area contributed by atoms with Gasteiger partial charge < -0.3 is 10.5 Å². The number of anilines is 1. The summed E-state index contributed by atoms with van der Waals surface area (Å²) in [5, 5.41) is 4.48. The number of nitrogens with two attached hydrogens (primary N) is 1. The Morgan fingerprint density at radius 2 is 2.17 bits per heavy atom. The fourth-order valence-electron chi connectivity index (χ4n) is 1.70. The number of aromatic nitrogens is 2. The fraction of sp³-hybridized carbons (Fsp3) is 0.308. The summed E-state index contributed by atoms with van der Waals surface area (Å²) in [5.41, 5.74) is 9.05. The van der Waals surface area contributed by atoms with Gasteiger partial charge in [-0.25, -0.2) is 4.68 Å². The summed E-state index contributed by atoms with van der Waals surface area (Å²) < 4.78 is 7.83. The van der Waals surface area contributed by atoms with Crippen molar-refractivity contribution in [2.24, 2.45) is 0 Å². The maximum absolute atomic E-state index is 5.98. The number of nitrogens with zero attached hydrogens (tertiary/aromatic N) is 2. The lowest BCUT2D eigenvalue weighted by Crippen LogP contribution is -2.02. The minimum Gasteiger partial charge on any atom is -0.384 e. The van der Waals surface area contributed by atoms with Crippen molar-refractivity contribution in [3.63, 3.8) is 0 Å². The molecule has 2 rings (SSSR count). The second-order valence-electron chi connectivity index (χ2n) is 4.15. The smallest absolute Gasteiger partial charge is 0.127 e. The summed E-state index contributed by atoms with van der Waals surface area (Å²) in [6.45, 7) is 2.69. The average molecular weight is 310 g/mol. The van der Waals surface area contributed by atoms with Crippen LogP contribution in [0.4, 0.5) is 5.82 Å². The van der Waals surface area contributed by atoms with Crippen LogP contribution < -0.4 is 5.73 Å². The number of halogens is 1. The van der Waals surface area contributed by atoms with Crippen LogP contribution in [0, 0.1) is 6.92 Å². The minimum atomic E-state index is 0.636. The molecule has 18 heavy (non-hydrogen) atoms. The maximum Gasteiger partial charge on any atom is 0.127 e. The van der Waals surface area contributed by atoms with Gasteiger partial charge in [-0.05, 0) is 24.6 Å². The Hall–Kier alpha value is -1.33. The molecule has 96 valence electrons. The van der Waals surface area contributed by atoms with Gasteiger partial charge in [-0.15, -0.1) is 0 Å². The number of ether oxygens (including phenoxy) is 1. The number of aryl methyl sites for hydroxylation is 1. The molecule has 1 heterocycles. The molecular weight excluding hydrogens is 294 g/mol. The molecule has 0 bridgehead atoms. The second kappa shape index (κ2) is 5.54. The van der Waals surface area contributed by atoms with E-state index in [1.165, 1.54) is 5.56 Å². The highest BCUT2D eigenvalue weighted by Crippen LogP contribution is 2.22. The predicted molar refractivity (Wildman–Crippen MR) is 76.0 cm³/mol. The molecule has 0 saturated carbocycles. The zero-order valence-corrected chi connectivity index (χ0v) is 12.1. The molecule has 0 saturated heterocycles. The number of rotatable bonds is 4. The first kappa shape index (κ1) is 13.1. The van der Waals surface area contributed by atoms with Crippen molar-refractivity contribution in [3.05, 3.63) is 40.0 Å². The molecule has 0 aliphatic heterocycles. The van der Waals surface area contributed by atoms with Gasteiger partial charge in [0, 0.05) is 24.1 Å². The molecule has 0 aliphatic carbocycles. The molecule has 4 nitrogen and oxygen atoms in total. The van der Waals surface area contributed by atoms with Gasteiger partial charge in [0.25, 0.3) is 0 Å². The molecule has 0 radical (unpaired) electrons. The van der Waals surface area contributed by atoms with Gasteiger partial charge in [-0.2, -0.15) is 5.10 Å². The van der Waals surface area contributed by atoms with E-state index in [-0.39, 0.29) is 0 Å². The Morgan fingerprint density at radius 3 is 2.83 bits per heavy atom. The molecule has 0 atom stereocenters. The molecule has 2 aromatic rings. The number of hydrogen-bond donors (Lipinski definition) is 1. The van der Waals surface area contributed by atoms with E-state index in [1.54, 1.807) is 11.8 Å². The van der Waals surface area contributed by atoms with E-state index in [1.807, 2.05) is 31.2 Å². The molecule has 1 aromatic heterocycles. The van der Waals surface area contributed by atoms with Crippen molar-refractivity contribution in [1.29, 1.82) is 0 Å². The van der Waals surface area contributed by atoms with E-state index in [0.29, 0.717) is 12.4 Å². The summed E-state index contributed by atoms with van der Waals surface area (Å²) in [5.74, 6) is 0.636. The Kier molecular flexibility index (Phi) is 4.04. The third kappa shape index (κ3) is 2.73. The van der Waals surface area contributed by atoms with Gasteiger partial charge in [0.15, 0.2) is 0 Å². The van der Waals surface area contributed by atoms with Gasteiger partial charge in [0.05, 0.1) is 18.0 Å². The monoisotopic (exact) mass is 309 g/mol. The molecule has 1 aromatic carbocycles. The standard InChI is InChI=1S/C13H16BrN3O/c1-9-3-4-11(8-12(9)14)17-13(15)7-10(16-17)5-6-18-2/h3-4,7-8H,5-6,15H2,1-2H3. The lowest BCUT2D eigenvalue weighted by atomic mass is 10.2. The van der Waals surface area contributed by atoms with E-state index >= 15 is 0 Å². The maximum atomic E-state index is 5.98. The Labute approximate surface area is 115 Å². The minimum absolute atomic E-state index is 0.636. The van der Waals surface area contributed by atoms with E-state index in [0.717, 1.165) is 22.3 Å². The first-order valence-electron chi connectivity index (χ1n) is 5.71. The van der Waals surface area contributed by atoms with E-state index in [4.69, 9.17) is 10.5 Å². The molecule has 0 spiro atoms. The Balaban J connectivity index is 2.32. The summed E-state index contributed by atoms with van der Waals surface area (Å²) in [4.78, 5) is 0. The number of hydrogen-bond acceptors (Lipinski definition) is 3. The van der Waals surface area contributed by atoms with E-state index in [2.05, 4.69) is 21.0 Å². The predicted octanol–water partition coefficient (Wildman–Crippen LogP) is 2.71. The lowest BCUT2D eigenvalue weighted by Gasteiger charge is -2.06. The van der Waals surface area contributed by atoms with Gasteiger partial charge in [-0.1, -0.05) is 22.0 Å². The first-order valence-corrected chi connectivity index (χ1v) is 6.51. The van der Waals surface area contributed by atoms with Crippen molar-refractivity contribution in [2.75, 3.05) is 19.5 Å². The second-order valence-corrected chi connectivity index (χ2v) is 5.00. The highest BCUT2D eigenvalue weighted by molar-refractivity contribution is 9.10. The zero-order chi connectivity index (χ0) is 13.1. The van der Waals surface area contributed by atoms with Gasteiger partial charge in [-0.3, -0.25) is 0 Å². The molecule has 0 unspecified atom stereocenters. The third-order valence-electron chi connectivity index (χ3n) is 2.75. The van der Waals surface area contributed by atoms with Crippen LogP contribution >= 0.6 is 15.9 Å². The summed E-state index contributed by atoms with van der Waals surface area (Å²) in [7, 11) is 1.68. The molecule has 0 amide bonds. The number of methoxy groups -OCH3 is 1. The van der Waals surface area contributed by atoms with Crippen LogP contribution in [-0.2, 0) is 11.2 Å². The van der Waals surface area contributed by atoms with Crippen molar-refractivity contribution in [3.8, 4) is 5.69 Å². The van der Waals surface area contributed by atoms with Crippen molar-refractivity contribution in [2.45, 2.75) is 13.3 Å². The Morgan fingerprint density at radius 1 is 1.39 bits per heavy atom. The highest BCUT2D eigenvalue weighted by atomic mass is 79.9. The zero-order valence-electron chi connectivity index (χ0n) is 10.5. The van der Waals surface area contributed by atoms with E-state index in [9.17, 15) is 0 Å². The normalized spacial score (nSPS) is 10.8. The topological polar surface area (TPSA) is 53.1 Å². The first-order chi connectivity index (χ1) is 8.61. The van der Waals surface area contributed by atoms with E-state index < -0.39 is 0 Å². The van der Waals surface area contributed by atoms with Crippen LogP contribution in [0.2, 0.25) is 0 Å². The third-order valence-corrected chi connectivity index (χ3v) is 3.60. The molecule has 5 heteroatoms. The van der Waals surface area contributed by atoms with Crippen molar-refractivity contribution >= 4 is 21.7 Å². The van der Waals surface area contributed by atoms with Crippen molar-refractivity contribution < 1.29 is 4.74 Å². The van der Waals surface area contributed by atoms with Crippen LogP contribution in [0.25, 0.3) is 5.69 Å². The van der Waals surface area contributed by atoms with Crippen LogP contribution in [0.1, 0.15) is 11.3 Å². The van der Waals surface area contributed by atoms with Gasteiger partial charge in [0.2, 0.25) is 0 Å². The van der Waals surface area contributed by atoms with Gasteiger partial charge >= 0.3 is 0 Å². The number of nitrogen functional groups attached to an aromatic ring is 1. The summed E-state index contributed by atoms with van der Waals surface area (Å²) >= 11 is 3.51. The van der Waals surface area contributed by atoms with Gasteiger partial charge in [0.1, 0.15) is 5.82 Å². The van der Waals surface area contributed by atoms with Crippen LogP contribution in [-0.4, -0.2) is 23.5 Å². The lowest BCUT2D eigenvalue weighted by molar-refractivity contribution is 0.201. The molecule has 2 N–H and O–H groups in total. The SMILES string of the molecule is COCCc1cc(N)n(-c2ccc(C)c(Br)c2)n1. The summed E-state index contributed by atoms with van der Waals surface area (Å²) in [6, 6.07) is 7.94. The average Bonchev–Trinajstić information content (AvgIpc) is 2.71. The molecule has 0 fully saturated rings.